The standard InChI is InChI=1S/C47H43OS2/c1-6-7-17-45(48)31-18-25-38-39-26-21-33(29-43(39)47(4,5)42(38)28-31)49-32-19-22-35(23-20-32)50(34-13-9-8-10-14-34)36-24-27-40-37-15-11-12-16-41(37)46(2,3)44(40)30-36/h8-16,18-30H,6-7,17H2,1-5H3/q+1. The van der Waals surface area contributed by atoms with Crippen molar-refractivity contribution in [2.24, 2.45) is 0 Å². The lowest BCUT2D eigenvalue weighted by Crippen LogP contribution is -2.16. The Morgan fingerprint density at radius 3 is 1.82 bits per heavy atom. The first-order valence-electron chi connectivity index (χ1n) is 17.8. The van der Waals surface area contributed by atoms with E-state index < -0.39 is 0 Å². The smallest absolute Gasteiger partial charge is 0.166 e. The van der Waals surface area contributed by atoms with E-state index in [1.807, 2.05) is 17.8 Å². The first-order valence-corrected chi connectivity index (χ1v) is 19.9. The number of unbranched alkanes of at least 4 members (excludes halogenated alkanes) is 1. The molecular formula is C47H43OS2+. The van der Waals surface area contributed by atoms with Crippen molar-refractivity contribution < 1.29 is 4.79 Å². The van der Waals surface area contributed by atoms with Gasteiger partial charge in [0.2, 0.25) is 0 Å². The fraction of sp³-hybridized carbons (Fsp3) is 0.213. The lowest BCUT2D eigenvalue weighted by atomic mass is 9.81. The van der Waals surface area contributed by atoms with Gasteiger partial charge in [-0.2, -0.15) is 0 Å². The predicted octanol–water partition coefficient (Wildman–Crippen LogP) is 12.9. The second-order valence-electron chi connectivity index (χ2n) is 14.7. The van der Waals surface area contributed by atoms with Crippen molar-refractivity contribution in [3.63, 3.8) is 0 Å². The summed E-state index contributed by atoms with van der Waals surface area (Å²) in [4.78, 5) is 19.4. The number of carbonyl (C=O) groups is 1. The first-order chi connectivity index (χ1) is 24.2. The lowest BCUT2D eigenvalue weighted by Gasteiger charge is -2.22. The van der Waals surface area contributed by atoms with Gasteiger partial charge in [-0.15, -0.1) is 0 Å². The number of fused-ring (bicyclic) bond motifs is 6. The van der Waals surface area contributed by atoms with E-state index in [-0.39, 0.29) is 27.5 Å². The second kappa shape index (κ2) is 12.8. The molecule has 248 valence electrons. The van der Waals surface area contributed by atoms with Gasteiger partial charge in [-0.1, -0.05) is 113 Å². The average molecular weight is 688 g/mol. The van der Waals surface area contributed by atoms with Gasteiger partial charge in [-0.25, -0.2) is 0 Å². The van der Waals surface area contributed by atoms with Gasteiger partial charge in [0.1, 0.15) is 0 Å². The molecule has 1 unspecified atom stereocenters. The Morgan fingerprint density at radius 2 is 1.08 bits per heavy atom. The van der Waals surface area contributed by atoms with E-state index in [4.69, 9.17) is 0 Å². The Hall–Kier alpha value is -4.31. The van der Waals surface area contributed by atoms with Crippen LogP contribution in [-0.2, 0) is 21.7 Å². The summed E-state index contributed by atoms with van der Waals surface area (Å²) in [5, 5.41) is 0. The molecule has 50 heavy (non-hydrogen) atoms. The Kier molecular flexibility index (Phi) is 8.40. The van der Waals surface area contributed by atoms with Gasteiger partial charge in [-0.05, 0) is 124 Å². The quantitative estimate of drug-likeness (QED) is 0.111. The summed E-state index contributed by atoms with van der Waals surface area (Å²) in [6, 6.07) is 49.5. The molecule has 0 spiro atoms. The highest BCUT2D eigenvalue weighted by molar-refractivity contribution is 7.99. The highest BCUT2D eigenvalue weighted by atomic mass is 32.2. The van der Waals surface area contributed by atoms with Crippen LogP contribution in [0.5, 0.6) is 0 Å². The summed E-state index contributed by atoms with van der Waals surface area (Å²) in [7, 11) is -0.234. The molecule has 2 aliphatic rings. The summed E-state index contributed by atoms with van der Waals surface area (Å²) in [6.07, 6.45) is 2.60. The molecule has 0 aliphatic heterocycles. The molecular weight excluding hydrogens is 645 g/mol. The molecule has 0 amide bonds. The topological polar surface area (TPSA) is 17.1 Å². The van der Waals surface area contributed by atoms with Gasteiger partial charge < -0.3 is 0 Å². The summed E-state index contributed by atoms with van der Waals surface area (Å²) in [6.45, 7) is 11.4. The van der Waals surface area contributed by atoms with Crippen molar-refractivity contribution in [1.82, 2.24) is 0 Å². The second-order valence-corrected chi connectivity index (χ2v) is 17.9. The maximum atomic E-state index is 12.9. The van der Waals surface area contributed by atoms with Gasteiger partial charge in [0.25, 0.3) is 0 Å². The molecule has 3 heteroatoms. The monoisotopic (exact) mass is 687 g/mol. The van der Waals surface area contributed by atoms with Crippen LogP contribution in [0.2, 0.25) is 0 Å². The zero-order valence-electron chi connectivity index (χ0n) is 29.5. The van der Waals surface area contributed by atoms with E-state index in [1.165, 1.54) is 69.0 Å². The molecule has 2 aliphatic carbocycles. The predicted molar refractivity (Wildman–Crippen MR) is 211 cm³/mol. The first kappa shape index (κ1) is 32.9. The van der Waals surface area contributed by atoms with E-state index in [0.717, 1.165) is 18.4 Å². The number of rotatable bonds is 9. The Labute approximate surface area is 304 Å². The van der Waals surface area contributed by atoms with Gasteiger partial charge in [0.05, 0.1) is 10.9 Å². The van der Waals surface area contributed by atoms with Gasteiger partial charge in [-0.3, -0.25) is 4.79 Å². The third-order valence-electron chi connectivity index (χ3n) is 10.8. The van der Waals surface area contributed by atoms with Crippen molar-refractivity contribution in [1.29, 1.82) is 0 Å². The lowest BCUT2D eigenvalue weighted by molar-refractivity contribution is 0.0979. The summed E-state index contributed by atoms with van der Waals surface area (Å²) in [5.41, 5.74) is 11.3. The maximum absolute atomic E-state index is 12.9. The number of hydrogen-bond acceptors (Lipinski definition) is 2. The van der Waals surface area contributed by atoms with Gasteiger partial charge in [0.15, 0.2) is 20.5 Å². The highest BCUT2D eigenvalue weighted by Crippen LogP contribution is 2.51. The Balaban J connectivity index is 1.08. The molecule has 0 fully saturated rings. The molecule has 6 aromatic rings. The molecule has 1 nitrogen and oxygen atoms in total. The third-order valence-corrected chi connectivity index (χ3v) is 14.0. The van der Waals surface area contributed by atoms with Crippen LogP contribution in [0.3, 0.4) is 0 Å². The summed E-state index contributed by atoms with van der Waals surface area (Å²) < 4.78 is 0. The molecule has 0 heterocycles. The third kappa shape index (κ3) is 5.56. The zero-order chi connectivity index (χ0) is 34.6. The average Bonchev–Trinajstić information content (AvgIpc) is 3.50. The van der Waals surface area contributed by atoms with Crippen LogP contribution in [0.25, 0.3) is 22.3 Å². The number of ketones is 1. The Bertz CT molecular complexity index is 2240. The normalized spacial score (nSPS) is 15.1. The van der Waals surface area contributed by atoms with E-state index in [2.05, 4.69) is 162 Å². The number of Topliss-reactive ketones (excluding diaryl/α,β-unsaturated/α-hetero) is 1. The van der Waals surface area contributed by atoms with Crippen LogP contribution in [0.1, 0.15) is 86.5 Å². The molecule has 0 aromatic heterocycles. The molecule has 0 radical (unpaired) electrons. The summed E-state index contributed by atoms with van der Waals surface area (Å²) in [5.74, 6) is 0.252. The van der Waals surface area contributed by atoms with E-state index >= 15 is 0 Å². The van der Waals surface area contributed by atoms with Crippen molar-refractivity contribution in [3.8, 4) is 22.3 Å². The van der Waals surface area contributed by atoms with Crippen LogP contribution in [0.15, 0.2) is 158 Å². The van der Waals surface area contributed by atoms with E-state index in [0.29, 0.717) is 6.42 Å². The number of hydrogen-bond donors (Lipinski definition) is 0. The fourth-order valence-electron chi connectivity index (χ4n) is 7.99. The highest BCUT2D eigenvalue weighted by Gasteiger charge is 2.39. The van der Waals surface area contributed by atoms with Crippen molar-refractivity contribution in [2.45, 2.75) is 89.2 Å². The molecule has 0 bridgehead atoms. The summed E-state index contributed by atoms with van der Waals surface area (Å²) >= 11 is 1.82. The molecule has 1 atom stereocenters. The van der Waals surface area contributed by atoms with Crippen molar-refractivity contribution in [2.75, 3.05) is 0 Å². The van der Waals surface area contributed by atoms with Crippen molar-refractivity contribution >= 4 is 28.4 Å². The molecule has 8 rings (SSSR count). The number of benzene rings is 6. The Morgan fingerprint density at radius 1 is 0.540 bits per heavy atom. The van der Waals surface area contributed by atoms with Crippen LogP contribution in [-0.4, -0.2) is 5.78 Å². The van der Waals surface area contributed by atoms with E-state index in [1.54, 1.807) is 0 Å². The number of carbonyl (C=O) groups excluding carboxylic acids is 1. The van der Waals surface area contributed by atoms with Crippen LogP contribution in [0, 0.1) is 0 Å². The SMILES string of the molecule is CCCCC(=O)c1ccc2c(c1)C(C)(C)c1cc(Sc3ccc([S+](c4ccccc4)c4ccc5c(c4)C(C)(C)c4ccccc4-5)cc3)ccc1-2. The molecule has 0 saturated heterocycles. The van der Waals surface area contributed by atoms with E-state index in [9.17, 15) is 4.79 Å². The van der Waals surface area contributed by atoms with Gasteiger partial charge in [0, 0.05) is 32.6 Å². The molecule has 6 aromatic carbocycles. The fourth-order valence-corrected chi connectivity index (χ4v) is 10.9. The largest absolute Gasteiger partial charge is 0.294 e. The zero-order valence-corrected chi connectivity index (χ0v) is 31.2. The van der Waals surface area contributed by atoms with Crippen LogP contribution >= 0.6 is 11.8 Å². The minimum Gasteiger partial charge on any atom is -0.294 e. The minimum atomic E-state index is -0.234. The molecule has 0 saturated carbocycles. The molecule has 0 N–H and O–H groups in total. The minimum absolute atomic E-state index is 0.0334. The van der Waals surface area contributed by atoms with Crippen LogP contribution < -0.4 is 0 Å². The maximum Gasteiger partial charge on any atom is 0.166 e. The van der Waals surface area contributed by atoms with Crippen molar-refractivity contribution in [3.05, 3.63) is 161 Å². The van der Waals surface area contributed by atoms with Crippen LogP contribution in [0.4, 0.5) is 0 Å². The van der Waals surface area contributed by atoms with Gasteiger partial charge >= 0.3 is 0 Å².